The van der Waals surface area contributed by atoms with E-state index in [0.29, 0.717) is 6.54 Å². The minimum atomic E-state index is -0.191. The molecule has 2 aromatic rings. The lowest BCUT2D eigenvalue weighted by Crippen LogP contribution is -2.21. The van der Waals surface area contributed by atoms with Crippen LogP contribution in [0.15, 0.2) is 30.6 Å². The van der Waals surface area contributed by atoms with Crippen LogP contribution in [0.2, 0.25) is 0 Å². The maximum Gasteiger partial charge on any atom is 0.123 e. The number of aromatic nitrogens is 2. The van der Waals surface area contributed by atoms with Crippen LogP contribution in [0, 0.1) is 12.7 Å². The lowest BCUT2D eigenvalue weighted by atomic mass is 10.1. The second-order valence-corrected chi connectivity index (χ2v) is 4.39. The number of nitrogens with one attached hydrogen (secondary N) is 2. The van der Waals surface area contributed by atoms with Gasteiger partial charge in [0.05, 0.1) is 6.04 Å². The predicted molar refractivity (Wildman–Crippen MR) is 69.6 cm³/mol. The highest BCUT2D eigenvalue weighted by molar-refractivity contribution is 5.26. The number of rotatable bonds is 5. The fourth-order valence-electron chi connectivity index (χ4n) is 1.97. The molecule has 96 valence electrons. The van der Waals surface area contributed by atoms with Crippen molar-refractivity contribution in [3.63, 3.8) is 0 Å². The summed E-state index contributed by atoms with van der Waals surface area (Å²) in [4.78, 5) is 7.35. The minimum absolute atomic E-state index is 0.169. The Hall–Kier alpha value is -1.68. The molecule has 1 heterocycles. The molecule has 3 nitrogen and oxygen atoms in total. The molecule has 0 radical (unpaired) electrons. The van der Waals surface area contributed by atoms with Gasteiger partial charge in [0, 0.05) is 18.9 Å². The van der Waals surface area contributed by atoms with Gasteiger partial charge in [-0.2, -0.15) is 0 Å². The second kappa shape index (κ2) is 5.78. The number of aryl methyl sites for hydroxylation is 1. The molecule has 0 aliphatic heterocycles. The van der Waals surface area contributed by atoms with E-state index < -0.39 is 0 Å². The van der Waals surface area contributed by atoms with Crippen LogP contribution in [0.3, 0.4) is 0 Å². The molecule has 1 unspecified atom stereocenters. The average Bonchev–Trinajstić information content (AvgIpc) is 2.88. The Labute approximate surface area is 106 Å². The zero-order valence-corrected chi connectivity index (χ0v) is 10.7. The van der Waals surface area contributed by atoms with Gasteiger partial charge in [0.1, 0.15) is 11.6 Å². The van der Waals surface area contributed by atoms with Crippen LogP contribution in [-0.2, 0) is 6.54 Å². The van der Waals surface area contributed by atoms with E-state index in [-0.39, 0.29) is 11.9 Å². The summed E-state index contributed by atoms with van der Waals surface area (Å²) in [7, 11) is 0. The average molecular weight is 247 g/mol. The quantitative estimate of drug-likeness (QED) is 0.852. The Kier molecular flexibility index (Phi) is 4.10. The van der Waals surface area contributed by atoms with Gasteiger partial charge >= 0.3 is 0 Å². The zero-order chi connectivity index (χ0) is 13.0. The van der Waals surface area contributed by atoms with E-state index in [1.807, 2.05) is 13.1 Å². The topological polar surface area (TPSA) is 40.7 Å². The molecule has 4 heteroatoms. The van der Waals surface area contributed by atoms with E-state index in [1.54, 1.807) is 18.3 Å². The van der Waals surface area contributed by atoms with Crippen molar-refractivity contribution < 1.29 is 4.39 Å². The maximum atomic E-state index is 13.2. The largest absolute Gasteiger partial charge is 0.347 e. The third kappa shape index (κ3) is 2.96. The summed E-state index contributed by atoms with van der Waals surface area (Å²) in [6.45, 7) is 4.73. The summed E-state index contributed by atoms with van der Waals surface area (Å²) < 4.78 is 13.2. The molecule has 1 aromatic heterocycles. The van der Waals surface area contributed by atoms with Gasteiger partial charge < -0.3 is 10.3 Å². The van der Waals surface area contributed by atoms with Crippen molar-refractivity contribution in [2.45, 2.75) is 32.9 Å². The summed E-state index contributed by atoms with van der Waals surface area (Å²) in [6.07, 6.45) is 4.49. The molecule has 18 heavy (non-hydrogen) atoms. The fourth-order valence-corrected chi connectivity index (χ4v) is 1.97. The highest BCUT2D eigenvalue weighted by Crippen LogP contribution is 2.15. The molecule has 2 N–H and O–H groups in total. The molecule has 0 saturated carbocycles. The third-order valence-corrected chi connectivity index (χ3v) is 3.11. The van der Waals surface area contributed by atoms with Crippen LogP contribution >= 0.6 is 0 Å². The van der Waals surface area contributed by atoms with Gasteiger partial charge in [0.15, 0.2) is 0 Å². The maximum absolute atomic E-state index is 13.2. The number of hydrogen-bond donors (Lipinski definition) is 2. The van der Waals surface area contributed by atoms with Crippen molar-refractivity contribution in [3.8, 4) is 0 Å². The standard InChI is InChI=1S/C14H18FN3/c1-3-13(14-16-6-7-17-14)18-9-11-8-12(15)5-4-10(11)2/h4-8,13,18H,3,9H2,1-2H3,(H,16,17). The summed E-state index contributed by atoms with van der Waals surface area (Å²) in [5.74, 6) is 0.731. The van der Waals surface area contributed by atoms with Gasteiger partial charge in [-0.25, -0.2) is 9.37 Å². The van der Waals surface area contributed by atoms with Crippen LogP contribution in [-0.4, -0.2) is 9.97 Å². The Morgan fingerprint density at radius 2 is 2.28 bits per heavy atom. The van der Waals surface area contributed by atoms with Crippen LogP contribution in [0.5, 0.6) is 0 Å². The number of aromatic amines is 1. The summed E-state index contributed by atoms with van der Waals surface area (Å²) in [6, 6.07) is 5.04. The number of halogens is 1. The predicted octanol–water partition coefficient (Wildman–Crippen LogP) is 3.10. The van der Waals surface area contributed by atoms with Gasteiger partial charge in [-0.3, -0.25) is 0 Å². The molecule has 2 rings (SSSR count). The summed E-state index contributed by atoms with van der Waals surface area (Å²) in [5.41, 5.74) is 2.08. The third-order valence-electron chi connectivity index (χ3n) is 3.11. The molecule has 0 spiro atoms. The molecular formula is C14H18FN3. The normalized spacial score (nSPS) is 12.6. The van der Waals surface area contributed by atoms with E-state index in [1.165, 1.54) is 6.07 Å². The molecule has 0 fully saturated rings. The van der Waals surface area contributed by atoms with Crippen molar-refractivity contribution in [1.82, 2.24) is 15.3 Å². The second-order valence-electron chi connectivity index (χ2n) is 4.39. The summed E-state index contributed by atoms with van der Waals surface area (Å²) in [5, 5.41) is 3.40. The van der Waals surface area contributed by atoms with Gasteiger partial charge in [-0.15, -0.1) is 0 Å². The smallest absolute Gasteiger partial charge is 0.123 e. The van der Waals surface area contributed by atoms with Crippen LogP contribution < -0.4 is 5.32 Å². The number of nitrogens with zero attached hydrogens (tertiary/aromatic N) is 1. The number of hydrogen-bond acceptors (Lipinski definition) is 2. The minimum Gasteiger partial charge on any atom is -0.347 e. The lowest BCUT2D eigenvalue weighted by molar-refractivity contribution is 0.495. The van der Waals surface area contributed by atoms with Gasteiger partial charge in [0.25, 0.3) is 0 Å². The van der Waals surface area contributed by atoms with Crippen molar-refractivity contribution in [1.29, 1.82) is 0 Å². The summed E-state index contributed by atoms with van der Waals surface area (Å²) >= 11 is 0. The Morgan fingerprint density at radius 3 is 2.94 bits per heavy atom. The highest BCUT2D eigenvalue weighted by Gasteiger charge is 2.11. The van der Waals surface area contributed by atoms with Gasteiger partial charge in [0.2, 0.25) is 0 Å². The van der Waals surface area contributed by atoms with Gasteiger partial charge in [-0.1, -0.05) is 13.0 Å². The molecule has 1 atom stereocenters. The first-order valence-electron chi connectivity index (χ1n) is 6.18. The number of imidazole rings is 1. The Bertz CT molecular complexity index is 494. The first kappa shape index (κ1) is 12.8. The van der Waals surface area contributed by atoms with Crippen LogP contribution in [0.4, 0.5) is 4.39 Å². The van der Waals surface area contributed by atoms with Crippen LogP contribution in [0.1, 0.15) is 36.3 Å². The van der Waals surface area contributed by atoms with Gasteiger partial charge in [-0.05, 0) is 36.6 Å². The fraction of sp³-hybridized carbons (Fsp3) is 0.357. The van der Waals surface area contributed by atoms with E-state index in [4.69, 9.17) is 0 Å². The SMILES string of the molecule is CCC(NCc1cc(F)ccc1C)c1ncc[nH]1. The Morgan fingerprint density at radius 1 is 1.44 bits per heavy atom. The molecular weight excluding hydrogens is 229 g/mol. The van der Waals surface area contributed by atoms with E-state index in [0.717, 1.165) is 23.4 Å². The molecule has 0 aliphatic carbocycles. The van der Waals surface area contributed by atoms with E-state index in [2.05, 4.69) is 22.2 Å². The molecule has 0 saturated heterocycles. The van der Waals surface area contributed by atoms with Crippen molar-refractivity contribution in [3.05, 3.63) is 53.4 Å². The number of benzene rings is 1. The zero-order valence-electron chi connectivity index (χ0n) is 10.7. The van der Waals surface area contributed by atoms with Crippen molar-refractivity contribution in [2.24, 2.45) is 0 Å². The monoisotopic (exact) mass is 247 g/mol. The molecule has 0 bridgehead atoms. The molecule has 0 aliphatic rings. The van der Waals surface area contributed by atoms with Crippen molar-refractivity contribution >= 4 is 0 Å². The first-order chi connectivity index (χ1) is 8.70. The van der Waals surface area contributed by atoms with Crippen LogP contribution in [0.25, 0.3) is 0 Å². The highest BCUT2D eigenvalue weighted by atomic mass is 19.1. The first-order valence-corrected chi connectivity index (χ1v) is 6.18. The lowest BCUT2D eigenvalue weighted by Gasteiger charge is -2.15. The molecule has 0 amide bonds. The van der Waals surface area contributed by atoms with Crippen molar-refractivity contribution in [2.75, 3.05) is 0 Å². The van der Waals surface area contributed by atoms with E-state index in [9.17, 15) is 4.39 Å². The Balaban J connectivity index is 2.04. The molecule has 1 aromatic carbocycles. The van der Waals surface area contributed by atoms with E-state index >= 15 is 0 Å². The number of H-pyrrole nitrogens is 1.